The first kappa shape index (κ1) is 17.5. The first-order valence-electron chi connectivity index (χ1n) is 7.76. The van der Waals surface area contributed by atoms with E-state index >= 15 is 0 Å². The fourth-order valence-corrected chi connectivity index (χ4v) is 2.38. The van der Waals surface area contributed by atoms with Crippen molar-refractivity contribution in [3.8, 4) is 0 Å². The highest BCUT2D eigenvalue weighted by molar-refractivity contribution is 5.78. The van der Waals surface area contributed by atoms with E-state index in [9.17, 15) is 13.2 Å². The van der Waals surface area contributed by atoms with Crippen LogP contribution >= 0.6 is 0 Å². The molecular formula is C18H16F3N5. The maximum absolute atomic E-state index is 13.1. The third kappa shape index (κ3) is 4.02. The average molecular weight is 359 g/mol. The number of para-hydroxylation sites is 1. The van der Waals surface area contributed by atoms with Gasteiger partial charge < -0.3 is 16.4 Å². The van der Waals surface area contributed by atoms with E-state index in [1.165, 1.54) is 24.5 Å². The number of hydrogen-bond donors (Lipinski definition) is 3. The first-order chi connectivity index (χ1) is 12.4. The molecule has 26 heavy (non-hydrogen) atoms. The Morgan fingerprint density at radius 1 is 0.885 bits per heavy atom. The Balaban J connectivity index is 1.82. The lowest BCUT2D eigenvalue weighted by Gasteiger charge is -2.16. The molecule has 0 saturated carbocycles. The quantitative estimate of drug-likeness (QED) is 0.628. The average Bonchev–Trinajstić information content (AvgIpc) is 2.63. The van der Waals surface area contributed by atoms with Gasteiger partial charge in [-0.1, -0.05) is 42.5 Å². The number of hydrogen-bond acceptors (Lipinski definition) is 5. The Bertz CT molecular complexity index is 881. The monoisotopic (exact) mass is 359 g/mol. The second-order valence-corrected chi connectivity index (χ2v) is 5.49. The second kappa shape index (κ2) is 7.30. The third-order valence-electron chi connectivity index (χ3n) is 3.67. The van der Waals surface area contributed by atoms with Gasteiger partial charge in [-0.3, -0.25) is 0 Å². The van der Waals surface area contributed by atoms with Crippen LogP contribution in [0.1, 0.15) is 11.1 Å². The predicted octanol–water partition coefficient (Wildman–Crippen LogP) is 4.43. The molecule has 0 saturated heterocycles. The Hall–Kier alpha value is -3.29. The van der Waals surface area contributed by atoms with E-state index in [1.54, 1.807) is 0 Å². The first-order valence-corrected chi connectivity index (χ1v) is 7.76. The lowest BCUT2D eigenvalue weighted by molar-refractivity contribution is -0.136. The van der Waals surface area contributed by atoms with E-state index in [0.717, 1.165) is 11.6 Å². The zero-order valence-corrected chi connectivity index (χ0v) is 13.6. The summed E-state index contributed by atoms with van der Waals surface area (Å²) >= 11 is 0. The smallest absolute Gasteiger partial charge is 0.393 e. The van der Waals surface area contributed by atoms with Crippen molar-refractivity contribution in [3.05, 3.63) is 72.1 Å². The van der Waals surface area contributed by atoms with E-state index in [1.807, 2.05) is 30.3 Å². The molecule has 0 atom stereocenters. The zero-order chi connectivity index (χ0) is 18.6. The SMILES string of the molecule is Nc1c(NCc2ccccc2)ncnc1Nc1ccccc1C(F)(F)F. The van der Waals surface area contributed by atoms with Crippen molar-refractivity contribution in [1.29, 1.82) is 0 Å². The molecule has 0 aliphatic rings. The highest BCUT2D eigenvalue weighted by atomic mass is 19.4. The van der Waals surface area contributed by atoms with Gasteiger partial charge in [0, 0.05) is 6.54 Å². The molecule has 1 aromatic heterocycles. The summed E-state index contributed by atoms with van der Waals surface area (Å²) in [7, 11) is 0. The van der Waals surface area contributed by atoms with E-state index in [0.29, 0.717) is 12.4 Å². The number of rotatable bonds is 5. The summed E-state index contributed by atoms with van der Waals surface area (Å²) in [6.07, 6.45) is -3.25. The summed E-state index contributed by atoms with van der Waals surface area (Å²) in [4.78, 5) is 8.02. The number of nitrogens with one attached hydrogen (secondary N) is 2. The minimum Gasteiger partial charge on any atom is -0.393 e. The van der Waals surface area contributed by atoms with Gasteiger partial charge in [-0.05, 0) is 17.7 Å². The number of halogens is 3. The molecule has 1 heterocycles. The molecule has 0 bridgehead atoms. The molecule has 5 nitrogen and oxygen atoms in total. The van der Waals surface area contributed by atoms with Crippen LogP contribution < -0.4 is 16.4 Å². The topological polar surface area (TPSA) is 75.9 Å². The number of nitrogen functional groups attached to an aromatic ring is 1. The van der Waals surface area contributed by atoms with Crippen LogP contribution in [0.5, 0.6) is 0 Å². The lowest BCUT2D eigenvalue weighted by atomic mass is 10.1. The summed E-state index contributed by atoms with van der Waals surface area (Å²) < 4.78 is 39.4. The van der Waals surface area contributed by atoms with Crippen LogP contribution in [0.25, 0.3) is 0 Å². The van der Waals surface area contributed by atoms with Crippen LogP contribution in [0, 0.1) is 0 Å². The minimum absolute atomic E-state index is 0.104. The Labute approximate surface area is 148 Å². The third-order valence-corrected chi connectivity index (χ3v) is 3.67. The summed E-state index contributed by atoms with van der Waals surface area (Å²) in [6.45, 7) is 0.473. The summed E-state index contributed by atoms with van der Waals surface area (Å²) in [5.41, 5.74) is 6.26. The fraction of sp³-hybridized carbons (Fsp3) is 0.111. The molecule has 3 rings (SSSR count). The lowest BCUT2D eigenvalue weighted by Crippen LogP contribution is -2.11. The zero-order valence-electron chi connectivity index (χ0n) is 13.6. The van der Waals surface area contributed by atoms with Crippen molar-refractivity contribution in [2.24, 2.45) is 0 Å². The van der Waals surface area contributed by atoms with E-state index in [4.69, 9.17) is 5.73 Å². The minimum atomic E-state index is -4.49. The van der Waals surface area contributed by atoms with Gasteiger partial charge in [0.25, 0.3) is 0 Å². The molecule has 3 aromatic rings. The van der Waals surface area contributed by atoms with Gasteiger partial charge in [-0.15, -0.1) is 0 Å². The van der Waals surface area contributed by atoms with Crippen LogP contribution in [0.2, 0.25) is 0 Å². The fourth-order valence-electron chi connectivity index (χ4n) is 2.38. The van der Waals surface area contributed by atoms with E-state index in [-0.39, 0.29) is 17.2 Å². The Morgan fingerprint density at radius 3 is 2.27 bits per heavy atom. The summed E-state index contributed by atoms with van der Waals surface area (Å²) in [5.74, 6) is 0.447. The molecule has 134 valence electrons. The van der Waals surface area contributed by atoms with Gasteiger partial charge >= 0.3 is 6.18 Å². The molecule has 0 unspecified atom stereocenters. The summed E-state index contributed by atoms with van der Waals surface area (Å²) in [5, 5.41) is 5.71. The second-order valence-electron chi connectivity index (χ2n) is 5.49. The van der Waals surface area contributed by atoms with Gasteiger partial charge in [0.2, 0.25) is 0 Å². The molecule has 0 fully saturated rings. The van der Waals surface area contributed by atoms with Crippen molar-refractivity contribution in [3.63, 3.8) is 0 Å². The molecule has 0 radical (unpaired) electrons. The van der Waals surface area contributed by atoms with Gasteiger partial charge in [0.15, 0.2) is 11.6 Å². The van der Waals surface area contributed by atoms with E-state index < -0.39 is 11.7 Å². The van der Waals surface area contributed by atoms with Crippen molar-refractivity contribution < 1.29 is 13.2 Å². The maximum atomic E-state index is 13.1. The molecule has 4 N–H and O–H groups in total. The number of aromatic nitrogens is 2. The molecule has 0 spiro atoms. The highest BCUT2D eigenvalue weighted by Gasteiger charge is 2.33. The Morgan fingerprint density at radius 2 is 1.54 bits per heavy atom. The number of nitrogens with two attached hydrogens (primary N) is 1. The van der Waals surface area contributed by atoms with Crippen molar-refractivity contribution in [1.82, 2.24) is 9.97 Å². The van der Waals surface area contributed by atoms with Crippen LogP contribution in [0.4, 0.5) is 36.2 Å². The van der Waals surface area contributed by atoms with Crippen LogP contribution in [0.15, 0.2) is 60.9 Å². The Kier molecular flexibility index (Phi) is 4.92. The molecule has 0 aliphatic carbocycles. The van der Waals surface area contributed by atoms with Gasteiger partial charge in [-0.25, -0.2) is 9.97 Å². The van der Waals surface area contributed by atoms with Crippen molar-refractivity contribution in [2.75, 3.05) is 16.4 Å². The number of anilines is 4. The normalized spacial score (nSPS) is 11.2. The summed E-state index contributed by atoms with van der Waals surface area (Å²) in [6, 6.07) is 14.7. The van der Waals surface area contributed by atoms with Crippen LogP contribution in [-0.4, -0.2) is 9.97 Å². The predicted molar refractivity (Wildman–Crippen MR) is 94.9 cm³/mol. The molecule has 8 heteroatoms. The standard InChI is InChI=1S/C18H16F3N5/c19-18(20,21)13-8-4-5-9-14(13)26-17-15(22)16(24-11-25-17)23-10-12-6-2-1-3-7-12/h1-9,11H,10,22H2,(H2,23,24,25,26). The molecule has 0 amide bonds. The molecule has 0 aliphatic heterocycles. The van der Waals surface area contributed by atoms with E-state index in [2.05, 4.69) is 20.6 Å². The highest BCUT2D eigenvalue weighted by Crippen LogP contribution is 2.36. The number of benzene rings is 2. The largest absolute Gasteiger partial charge is 0.418 e. The van der Waals surface area contributed by atoms with Crippen molar-refractivity contribution >= 4 is 23.0 Å². The van der Waals surface area contributed by atoms with Gasteiger partial charge in [0.1, 0.15) is 12.0 Å². The molecular weight excluding hydrogens is 343 g/mol. The van der Waals surface area contributed by atoms with Gasteiger partial charge in [0.05, 0.1) is 11.3 Å². The number of alkyl halides is 3. The van der Waals surface area contributed by atoms with Crippen molar-refractivity contribution in [2.45, 2.75) is 12.7 Å². The maximum Gasteiger partial charge on any atom is 0.418 e. The molecule has 2 aromatic carbocycles. The number of nitrogens with zero attached hydrogens (tertiary/aromatic N) is 2. The van der Waals surface area contributed by atoms with Crippen LogP contribution in [0.3, 0.4) is 0 Å². The van der Waals surface area contributed by atoms with Crippen LogP contribution in [-0.2, 0) is 12.7 Å². The van der Waals surface area contributed by atoms with Gasteiger partial charge in [-0.2, -0.15) is 13.2 Å².